The second kappa shape index (κ2) is 7.65. The molecule has 17 heavy (non-hydrogen) atoms. The average Bonchev–Trinajstić information content (AvgIpc) is 2.36. The van der Waals surface area contributed by atoms with Gasteiger partial charge in [0.05, 0.1) is 13.1 Å². The summed E-state index contributed by atoms with van der Waals surface area (Å²) in [6.45, 7) is 1.76. The summed E-state index contributed by atoms with van der Waals surface area (Å²) in [5.74, 6) is 0.629. The third kappa shape index (κ3) is 5.33. The molecule has 94 valence electrons. The monoisotopic (exact) mass is 237 g/mol. The van der Waals surface area contributed by atoms with E-state index in [-0.39, 0.29) is 12.5 Å². The number of carbonyl (C=O) groups is 1. The van der Waals surface area contributed by atoms with Gasteiger partial charge in [0, 0.05) is 6.54 Å². The first kappa shape index (κ1) is 13.5. The summed E-state index contributed by atoms with van der Waals surface area (Å²) >= 11 is 0. The van der Waals surface area contributed by atoms with Crippen molar-refractivity contribution in [2.45, 2.75) is 6.54 Å². The topological polar surface area (TPSA) is 76.4 Å². The van der Waals surface area contributed by atoms with Crippen LogP contribution in [0.25, 0.3) is 0 Å². The molecule has 0 aromatic heterocycles. The molecule has 0 atom stereocenters. The zero-order valence-corrected chi connectivity index (χ0v) is 10.0. The number of benzene rings is 1. The van der Waals surface area contributed by atoms with E-state index in [0.717, 1.165) is 12.3 Å². The lowest BCUT2D eigenvalue weighted by atomic mass is 10.2. The highest BCUT2D eigenvalue weighted by Gasteiger charge is 1.97. The van der Waals surface area contributed by atoms with Gasteiger partial charge in [-0.3, -0.25) is 4.79 Å². The van der Waals surface area contributed by atoms with E-state index >= 15 is 0 Å². The highest BCUT2D eigenvalue weighted by molar-refractivity contribution is 5.77. The summed E-state index contributed by atoms with van der Waals surface area (Å²) in [5.41, 5.74) is 6.36. The number of nitrogens with two attached hydrogens (primary N) is 1. The van der Waals surface area contributed by atoms with Gasteiger partial charge in [0.15, 0.2) is 0 Å². The maximum Gasteiger partial charge on any atom is 0.233 e. The van der Waals surface area contributed by atoms with Crippen molar-refractivity contribution in [3.8, 4) is 5.75 Å². The Labute approximate surface area is 101 Å². The summed E-state index contributed by atoms with van der Waals surface area (Å²) in [5, 5.41) is 5.71. The highest BCUT2D eigenvalue weighted by atomic mass is 16.5. The van der Waals surface area contributed by atoms with E-state index in [9.17, 15) is 4.79 Å². The van der Waals surface area contributed by atoms with Gasteiger partial charge in [-0.05, 0) is 24.7 Å². The molecule has 0 saturated carbocycles. The second-order valence-corrected chi connectivity index (χ2v) is 3.58. The molecule has 1 aromatic carbocycles. The lowest BCUT2D eigenvalue weighted by Gasteiger charge is -2.07. The minimum Gasteiger partial charge on any atom is -0.492 e. The summed E-state index contributed by atoms with van der Waals surface area (Å²) in [6.07, 6.45) is 0. The molecule has 0 aliphatic heterocycles. The first-order valence-corrected chi connectivity index (χ1v) is 5.59. The van der Waals surface area contributed by atoms with Crippen LogP contribution in [0, 0.1) is 0 Å². The molecule has 0 unspecified atom stereocenters. The summed E-state index contributed by atoms with van der Waals surface area (Å²) in [6, 6.07) is 7.84. The van der Waals surface area contributed by atoms with Gasteiger partial charge in [0.2, 0.25) is 5.91 Å². The van der Waals surface area contributed by atoms with Crippen LogP contribution in [-0.2, 0) is 11.3 Å². The van der Waals surface area contributed by atoms with Crippen molar-refractivity contribution in [1.82, 2.24) is 10.6 Å². The van der Waals surface area contributed by atoms with E-state index in [0.29, 0.717) is 13.2 Å². The molecule has 0 aliphatic carbocycles. The fourth-order valence-corrected chi connectivity index (χ4v) is 1.34. The van der Waals surface area contributed by atoms with Gasteiger partial charge in [-0.2, -0.15) is 0 Å². The largest absolute Gasteiger partial charge is 0.492 e. The highest BCUT2D eigenvalue weighted by Crippen LogP contribution is 2.11. The van der Waals surface area contributed by atoms with Gasteiger partial charge in [-0.25, -0.2) is 0 Å². The van der Waals surface area contributed by atoms with Crippen LogP contribution in [0.3, 0.4) is 0 Å². The average molecular weight is 237 g/mol. The maximum absolute atomic E-state index is 10.8. The lowest BCUT2D eigenvalue weighted by Crippen LogP contribution is -2.33. The van der Waals surface area contributed by atoms with Gasteiger partial charge >= 0.3 is 0 Å². The van der Waals surface area contributed by atoms with E-state index in [1.54, 1.807) is 0 Å². The Balaban J connectivity index is 2.25. The quantitative estimate of drug-likeness (QED) is 0.577. The molecule has 1 rings (SSSR count). The SMILES string of the molecule is CNCc1ccc(OCCNC(=O)CN)cc1. The zero-order valence-electron chi connectivity index (χ0n) is 10.0. The Morgan fingerprint density at radius 3 is 2.65 bits per heavy atom. The van der Waals surface area contributed by atoms with Crippen molar-refractivity contribution in [2.75, 3.05) is 26.7 Å². The molecule has 1 aromatic rings. The normalized spacial score (nSPS) is 10.0. The first-order valence-electron chi connectivity index (χ1n) is 5.59. The van der Waals surface area contributed by atoms with Crippen molar-refractivity contribution in [3.63, 3.8) is 0 Å². The van der Waals surface area contributed by atoms with Gasteiger partial charge in [-0.1, -0.05) is 12.1 Å². The molecule has 0 bridgehead atoms. The molecule has 0 radical (unpaired) electrons. The van der Waals surface area contributed by atoms with Crippen LogP contribution in [0.15, 0.2) is 24.3 Å². The fraction of sp³-hybridized carbons (Fsp3) is 0.417. The Hall–Kier alpha value is -1.59. The molecule has 0 spiro atoms. The lowest BCUT2D eigenvalue weighted by molar-refractivity contribution is -0.119. The van der Waals surface area contributed by atoms with Crippen molar-refractivity contribution < 1.29 is 9.53 Å². The van der Waals surface area contributed by atoms with Crippen molar-refractivity contribution in [1.29, 1.82) is 0 Å². The number of ether oxygens (including phenoxy) is 1. The number of rotatable bonds is 7. The molecule has 0 heterocycles. The molecule has 5 nitrogen and oxygen atoms in total. The summed E-state index contributed by atoms with van der Waals surface area (Å²) in [4.78, 5) is 10.8. The summed E-state index contributed by atoms with van der Waals surface area (Å²) < 4.78 is 5.46. The number of nitrogens with one attached hydrogen (secondary N) is 2. The van der Waals surface area contributed by atoms with E-state index in [1.807, 2.05) is 31.3 Å². The van der Waals surface area contributed by atoms with Crippen LogP contribution in [0.1, 0.15) is 5.56 Å². The summed E-state index contributed by atoms with van der Waals surface area (Å²) in [7, 11) is 1.91. The number of amides is 1. The fourth-order valence-electron chi connectivity index (χ4n) is 1.34. The van der Waals surface area contributed by atoms with Gasteiger partial charge in [0.25, 0.3) is 0 Å². The minimum absolute atomic E-state index is 0.0126. The Bertz CT molecular complexity index is 338. The molecule has 0 fully saturated rings. The van der Waals surface area contributed by atoms with Crippen molar-refractivity contribution >= 4 is 5.91 Å². The molecule has 0 saturated heterocycles. The number of hydrogen-bond acceptors (Lipinski definition) is 4. The van der Waals surface area contributed by atoms with E-state index in [4.69, 9.17) is 10.5 Å². The zero-order chi connectivity index (χ0) is 12.5. The Morgan fingerprint density at radius 2 is 2.06 bits per heavy atom. The Kier molecular flexibility index (Phi) is 6.06. The van der Waals surface area contributed by atoms with Crippen molar-refractivity contribution in [2.24, 2.45) is 5.73 Å². The van der Waals surface area contributed by atoms with Gasteiger partial charge in [-0.15, -0.1) is 0 Å². The maximum atomic E-state index is 10.8. The number of carbonyl (C=O) groups excluding carboxylic acids is 1. The van der Waals surface area contributed by atoms with Crippen LogP contribution in [0.4, 0.5) is 0 Å². The van der Waals surface area contributed by atoms with Crippen LogP contribution in [0.2, 0.25) is 0 Å². The molecule has 0 aliphatic rings. The molecular weight excluding hydrogens is 218 g/mol. The minimum atomic E-state index is -0.169. The molecule has 5 heteroatoms. The van der Waals surface area contributed by atoms with E-state index in [1.165, 1.54) is 5.56 Å². The third-order valence-corrected chi connectivity index (χ3v) is 2.18. The Morgan fingerprint density at radius 1 is 1.35 bits per heavy atom. The van der Waals surface area contributed by atoms with Crippen molar-refractivity contribution in [3.05, 3.63) is 29.8 Å². The van der Waals surface area contributed by atoms with Gasteiger partial charge < -0.3 is 21.1 Å². The van der Waals surface area contributed by atoms with E-state index < -0.39 is 0 Å². The molecular formula is C12H19N3O2. The standard InChI is InChI=1S/C12H19N3O2/c1-14-9-10-2-4-11(5-3-10)17-7-6-15-12(16)8-13/h2-5,14H,6-9,13H2,1H3,(H,15,16). The first-order chi connectivity index (χ1) is 8.26. The van der Waals surface area contributed by atoms with Crippen LogP contribution in [-0.4, -0.2) is 32.7 Å². The molecule has 4 N–H and O–H groups in total. The third-order valence-electron chi connectivity index (χ3n) is 2.18. The van der Waals surface area contributed by atoms with Gasteiger partial charge in [0.1, 0.15) is 12.4 Å². The van der Waals surface area contributed by atoms with Crippen LogP contribution >= 0.6 is 0 Å². The predicted octanol–water partition coefficient (Wildman–Crippen LogP) is -0.140. The van der Waals surface area contributed by atoms with E-state index in [2.05, 4.69) is 10.6 Å². The van der Waals surface area contributed by atoms with Crippen LogP contribution < -0.4 is 21.1 Å². The smallest absolute Gasteiger partial charge is 0.233 e. The van der Waals surface area contributed by atoms with Crippen LogP contribution in [0.5, 0.6) is 5.75 Å². The molecule has 1 amide bonds. The second-order valence-electron chi connectivity index (χ2n) is 3.58. The predicted molar refractivity (Wildman–Crippen MR) is 66.8 cm³/mol. The number of hydrogen-bond donors (Lipinski definition) is 3.